The molecular weight excluding hydrogens is 225 g/mol. The van der Waals surface area contributed by atoms with Crippen molar-refractivity contribution in [2.75, 3.05) is 6.54 Å². The summed E-state index contributed by atoms with van der Waals surface area (Å²) in [5.74, 6) is 0.781. The van der Waals surface area contributed by atoms with Gasteiger partial charge >= 0.3 is 0 Å². The highest BCUT2D eigenvalue weighted by Crippen LogP contribution is 2.34. The molecule has 0 heterocycles. The molecule has 0 bridgehead atoms. The van der Waals surface area contributed by atoms with Crippen LogP contribution in [0.3, 0.4) is 0 Å². The zero-order chi connectivity index (χ0) is 12.8. The first kappa shape index (κ1) is 13.5. The van der Waals surface area contributed by atoms with E-state index in [0.29, 0.717) is 6.04 Å². The minimum atomic E-state index is -0.140. The lowest BCUT2D eigenvalue weighted by molar-refractivity contribution is 0.425. The average molecular weight is 249 g/mol. The minimum Gasteiger partial charge on any atom is -0.314 e. The van der Waals surface area contributed by atoms with Gasteiger partial charge in [0.15, 0.2) is 0 Å². The van der Waals surface area contributed by atoms with Crippen molar-refractivity contribution in [2.24, 2.45) is 5.92 Å². The second-order valence-corrected chi connectivity index (χ2v) is 5.42. The Morgan fingerprint density at radius 2 is 2.00 bits per heavy atom. The van der Waals surface area contributed by atoms with Gasteiger partial charge < -0.3 is 5.32 Å². The monoisotopic (exact) mass is 249 g/mol. The van der Waals surface area contributed by atoms with Crippen LogP contribution >= 0.6 is 0 Å². The lowest BCUT2D eigenvalue weighted by Crippen LogP contribution is -2.31. The standard InChI is InChI=1S/C16H24FN/c1-2-12-18-16(14-8-9-14)5-3-4-13-6-10-15(17)11-7-13/h6-7,10-11,14,16,18H,2-5,8-9,12H2,1H3. The van der Waals surface area contributed by atoms with E-state index in [4.69, 9.17) is 0 Å². The van der Waals surface area contributed by atoms with Crippen LogP contribution < -0.4 is 5.32 Å². The van der Waals surface area contributed by atoms with E-state index >= 15 is 0 Å². The number of hydrogen-bond acceptors (Lipinski definition) is 1. The molecule has 2 heteroatoms. The van der Waals surface area contributed by atoms with Gasteiger partial charge in [-0.2, -0.15) is 0 Å². The molecule has 18 heavy (non-hydrogen) atoms. The van der Waals surface area contributed by atoms with E-state index < -0.39 is 0 Å². The van der Waals surface area contributed by atoms with Gasteiger partial charge in [0.05, 0.1) is 0 Å². The summed E-state index contributed by atoms with van der Waals surface area (Å²) in [6.07, 6.45) is 7.53. The van der Waals surface area contributed by atoms with Crippen molar-refractivity contribution >= 4 is 0 Å². The number of hydrogen-bond donors (Lipinski definition) is 1. The van der Waals surface area contributed by atoms with Crippen LogP contribution in [-0.4, -0.2) is 12.6 Å². The number of benzene rings is 1. The topological polar surface area (TPSA) is 12.0 Å². The van der Waals surface area contributed by atoms with Crippen LogP contribution in [0.5, 0.6) is 0 Å². The van der Waals surface area contributed by atoms with Gasteiger partial charge in [0.25, 0.3) is 0 Å². The molecule has 0 amide bonds. The summed E-state index contributed by atoms with van der Waals surface area (Å²) in [6.45, 7) is 3.35. The molecule has 0 aliphatic heterocycles. The Hall–Kier alpha value is -0.890. The lowest BCUT2D eigenvalue weighted by Gasteiger charge is -2.17. The van der Waals surface area contributed by atoms with Gasteiger partial charge in [-0.1, -0.05) is 19.1 Å². The number of nitrogens with one attached hydrogen (secondary N) is 1. The molecule has 1 aromatic rings. The molecule has 0 aromatic heterocycles. The van der Waals surface area contributed by atoms with Crippen LogP contribution in [0.1, 0.15) is 44.6 Å². The van der Waals surface area contributed by atoms with Crippen molar-refractivity contribution < 1.29 is 4.39 Å². The Morgan fingerprint density at radius 3 is 2.61 bits per heavy atom. The van der Waals surface area contributed by atoms with Crippen molar-refractivity contribution in [2.45, 2.75) is 51.5 Å². The molecule has 1 unspecified atom stereocenters. The Labute approximate surface area is 110 Å². The third kappa shape index (κ3) is 4.41. The second-order valence-electron chi connectivity index (χ2n) is 5.42. The third-order valence-corrected chi connectivity index (χ3v) is 3.74. The third-order valence-electron chi connectivity index (χ3n) is 3.74. The van der Waals surface area contributed by atoms with E-state index in [1.807, 2.05) is 12.1 Å². The molecule has 0 saturated heterocycles. The van der Waals surface area contributed by atoms with Gasteiger partial charge in [-0.15, -0.1) is 0 Å². The van der Waals surface area contributed by atoms with Crippen LogP contribution in [0, 0.1) is 11.7 Å². The molecule has 100 valence electrons. The van der Waals surface area contributed by atoms with Crippen LogP contribution in [0.25, 0.3) is 0 Å². The molecule has 2 rings (SSSR count). The molecular formula is C16H24FN. The zero-order valence-electron chi connectivity index (χ0n) is 11.3. The Morgan fingerprint density at radius 1 is 1.28 bits per heavy atom. The largest absolute Gasteiger partial charge is 0.314 e. The fourth-order valence-electron chi connectivity index (χ4n) is 2.51. The number of rotatable bonds is 8. The summed E-state index contributed by atoms with van der Waals surface area (Å²) in [5, 5.41) is 3.67. The zero-order valence-corrected chi connectivity index (χ0v) is 11.3. The van der Waals surface area contributed by atoms with Crippen LogP contribution in [0.2, 0.25) is 0 Å². The van der Waals surface area contributed by atoms with Crippen molar-refractivity contribution in [3.8, 4) is 0 Å². The number of aryl methyl sites for hydroxylation is 1. The summed E-state index contributed by atoms with van der Waals surface area (Å²) < 4.78 is 12.8. The van der Waals surface area contributed by atoms with Crippen LogP contribution in [-0.2, 0) is 6.42 Å². The fraction of sp³-hybridized carbons (Fsp3) is 0.625. The Kier molecular flexibility index (Phi) is 5.18. The predicted molar refractivity (Wildman–Crippen MR) is 74.1 cm³/mol. The summed E-state index contributed by atoms with van der Waals surface area (Å²) in [5.41, 5.74) is 1.25. The van der Waals surface area contributed by atoms with E-state index in [0.717, 1.165) is 18.9 Å². The summed E-state index contributed by atoms with van der Waals surface area (Å²) in [7, 11) is 0. The fourth-order valence-corrected chi connectivity index (χ4v) is 2.51. The van der Waals surface area contributed by atoms with E-state index in [9.17, 15) is 4.39 Å². The van der Waals surface area contributed by atoms with Crippen LogP contribution in [0.4, 0.5) is 4.39 Å². The maximum absolute atomic E-state index is 12.8. The minimum absolute atomic E-state index is 0.140. The molecule has 1 fully saturated rings. The van der Waals surface area contributed by atoms with Gasteiger partial charge in [0, 0.05) is 6.04 Å². The summed E-state index contributed by atoms with van der Waals surface area (Å²) in [6, 6.07) is 7.64. The van der Waals surface area contributed by atoms with Crippen molar-refractivity contribution in [3.63, 3.8) is 0 Å². The molecule has 1 aliphatic rings. The molecule has 1 N–H and O–H groups in total. The van der Waals surface area contributed by atoms with E-state index in [1.54, 1.807) is 12.1 Å². The lowest BCUT2D eigenvalue weighted by atomic mass is 10.0. The molecule has 0 radical (unpaired) electrons. The van der Waals surface area contributed by atoms with Gasteiger partial charge in [-0.05, 0) is 68.7 Å². The Bertz CT molecular complexity index is 343. The highest BCUT2D eigenvalue weighted by Gasteiger charge is 2.29. The highest BCUT2D eigenvalue weighted by molar-refractivity contribution is 5.16. The van der Waals surface area contributed by atoms with Crippen molar-refractivity contribution in [1.29, 1.82) is 0 Å². The second kappa shape index (κ2) is 6.89. The van der Waals surface area contributed by atoms with Gasteiger partial charge in [0.1, 0.15) is 5.82 Å². The highest BCUT2D eigenvalue weighted by atomic mass is 19.1. The first-order valence-electron chi connectivity index (χ1n) is 7.27. The maximum atomic E-state index is 12.8. The molecule has 1 nitrogen and oxygen atoms in total. The molecule has 1 aromatic carbocycles. The first-order chi connectivity index (χ1) is 8.79. The quantitative estimate of drug-likeness (QED) is 0.736. The van der Waals surface area contributed by atoms with Crippen molar-refractivity contribution in [1.82, 2.24) is 5.32 Å². The molecule has 0 spiro atoms. The number of halogens is 1. The van der Waals surface area contributed by atoms with E-state index in [2.05, 4.69) is 12.2 Å². The van der Waals surface area contributed by atoms with Crippen molar-refractivity contribution in [3.05, 3.63) is 35.6 Å². The van der Waals surface area contributed by atoms with Gasteiger partial charge in [-0.25, -0.2) is 4.39 Å². The van der Waals surface area contributed by atoms with Crippen LogP contribution in [0.15, 0.2) is 24.3 Å². The van der Waals surface area contributed by atoms with Gasteiger partial charge in [0.2, 0.25) is 0 Å². The molecule has 1 atom stereocenters. The van der Waals surface area contributed by atoms with Gasteiger partial charge in [-0.3, -0.25) is 0 Å². The maximum Gasteiger partial charge on any atom is 0.123 e. The summed E-state index contributed by atoms with van der Waals surface area (Å²) in [4.78, 5) is 0. The van der Waals surface area contributed by atoms with E-state index in [1.165, 1.54) is 37.7 Å². The van der Waals surface area contributed by atoms with E-state index in [-0.39, 0.29) is 5.82 Å². The first-order valence-corrected chi connectivity index (χ1v) is 7.27. The average Bonchev–Trinajstić information content (AvgIpc) is 3.20. The predicted octanol–water partition coefficient (Wildman–Crippen LogP) is 3.93. The molecule has 1 saturated carbocycles. The molecule has 1 aliphatic carbocycles. The smallest absolute Gasteiger partial charge is 0.123 e. The Balaban J connectivity index is 1.70. The SMILES string of the molecule is CCCNC(CCCc1ccc(F)cc1)C1CC1. The summed E-state index contributed by atoms with van der Waals surface area (Å²) >= 11 is 0. The normalized spacial score (nSPS) is 16.8.